The van der Waals surface area contributed by atoms with E-state index in [1.165, 1.54) is 7.11 Å². The molecule has 74 valence electrons. The first-order chi connectivity index (χ1) is 6.06. The first-order valence-corrected chi connectivity index (χ1v) is 3.45. The van der Waals surface area contributed by atoms with Crippen molar-refractivity contribution in [2.24, 2.45) is 0 Å². The molecular formula is C6H11N3O4. The zero-order valence-corrected chi connectivity index (χ0v) is 7.09. The van der Waals surface area contributed by atoms with Gasteiger partial charge in [-0.3, -0.25) is 15.5 Å². The van der Waals surface area contributed by atoms with Gasteiger partial charge in [0.25, 0.3) is 6.02 Å². The van der Waals surface area contributed by atoms with Crippen molar-refractivity contribution in [3.05, 3.63) is 0 Å². The lowest BCUT2D eigenvalue weighted by molar-refractivity contribution is -0.119. The number of hydrogen-bond acceptors (Lipinski definition) is 4. The molecule has 4 N–H and O–H groups in total. The van der Waals surface area contributed by atoms with Gasteiger partial charge in [0, 0.05) is 13.0 Å². The van der Waals surface area contributed by atoms with Crippen LogP contribution in [0.25, 0.3) is 0 Å². The third kappa shape index (κ3) is 6.60. The summed E-state index contributed by atoms with van der Waals surface area (Å²) in [6.45, 7) is 0.0121. The van der Waals surface area contributed by atoms with Crippen LogP contribution in [-0.2, 0) is 9.53 Å². The number of carbonyl (C=O) groups excluding carboxylic acids is 1. The number of methoxy groups -OCH3 is 1. The Morgan fingerprint density at radius 3 is 2.62 bits per heavy atom. The van der Waals surface area contributed by atoms with Gasteiger partial charge in [0.05, 0.1) is 7.11 Å². The van der Waals surface area contributed by atoms with E-state index >= 15 is 0 Å². The van der Waals surface area contributed by atoms with Crippen molar-refractivity contribution in [2.75, 3.05) is 13.7 Å². The summed E-state index contributed by atoms with van der Waals surface area (Å²) < 4.78 is 4.36. The van der Waals surface area contributed by atoms with Gasteiger partial charge in [-0.25, -0.2) is 4.79 Å². The molecule has 0 fully saturated rings. The topological polar surface area (TPSA) is 112 Å². The van der Waals surface area contributed by atoms with Gasteiger partial charge >= 0.3 is 6.09 Å². The summed E-state index contributed by atoms with van der Waals surface area (Å²) in [4.78, 5) is 20.8. The summed E-state index contributed by atoms with van der Waals surface area (Å²) in [6, 6.07) is -0.361. The van der Waals surface area contributed by atoms with E-state index in [1.807, 2.05) is 5.32 Å². The monoisotopic (exact) mass is 189 g/mol. The fourth-order valence-corrected chi connectivity index (χ4v) is 0.523. The first-order valence-electron chi connectivity index (χ1n) is 3.45. The molecule has 0 atom stereocenters. The number of hydrogen-bond donors (Lipinski definition) is 4. The highest BCUT2D eigenvalue weighted by molar-refractivity contribution is 5.92. The Bertz CT molecular complexity index is 216. The van der Waals surface area contributed by atoms with Gasteiger partial charge in [-0.1, -0.05) is 0 Å². The largest absolute Gasteiger partial charge is 0.468 e. The van der Waals surface area contributed by atoms with E-state index in [1.54, 1.807) is 0 Å². The maximum absolute atomic E-state index is 10.8. The molecule has 13 heavy (non-hydrogen) atoms. The Balaban J connectivity index is 3.52. The van der Waals surface area contributed by atoms with Gasteiger partial charge in [-0.2, -0.15) is 0 Å². The molecule has 0 aliphatic heterocycles. The molecule has 0 heterocycles. The van der Waals surface area contributed by atoms with Crippen molar-refractivity contribution in [1.82, 2.24) is 10.6 Å². The van der Waals surface area contributed by atoms with Crippen LogP contribution in [-0.4, -0.2) is 36.8 Å². The summed E-state index contributed by atoms with van der Waals surface area (Å²) in [6.07, 6.45) is -1.22. The molecule has 7 heteroatoms. The van der Waals surface area contributed by atoms with Crippen LogP contribution >= 0.6 is 0 Å². The fraction of sp³-hybridized carbons (Fsp3) is 0.500. The van der Waals surface area contributed by atoms with Gasteiger partial charge in [0.15, 0.2) is 0 Å². The predicted molar refractivity (Wildman–Crippen MR) is 43.5 cm³/mol. The van der Waals surface area contributed by atoms with Crippen LogP contribution in [0.5, 0.6) is 0 Å². The Morgan fingerprint density at radius 2 is 2.15 bits per heavy atom. The molecule has 0 saturated heterocycles. The fourth-order valence-electron chi connectivity index (χ4n) is 0.523. The van der Waals surface area contributed by atoms with Gasteiger partial charge in [0.2, 0.25) is 5.91 Å². The number of ether oxygens (including phenoxy) is 1. The number of carbonyl (C=O) groups is 2. The molecule has 0 bridgehead atoms. The van der Waals surface area contributed by atoms with Crippen molar-refractivity contribution in [3.63, 3.8) is 0 Å². The van der Waals surface area contributed by atoms with Crippen molar-refractivity contribution < 1.29 is 19.4 Å². The van der Waals surface area contributed by atoms with Crippen LogP contribution < -0.4 is 10.6 Å². The number of nitrogens with one attached hydrogen (secondary N) is 3. The summed E-state index contributed by atoms with van der Waals surface area (Å²) in [7, 11) is 1.25. The molecule has 0 spiro atoms. The SMILES string of the molecule is COC(=N)NC(=O)CCNC(=O)O. The highest BCUT2D eigenvalue weighted by Crippen LogP contribution is 1.78. The minimum atomic E-state index is -1.19. The molecule has 0 aromatic rings. The van der Waals surface area contributed by atoms with Gasteiger partial charge in [-0.15, -0.1) is 0 Å². The second-order valence-electron chi connectivity index (χ2n) is 2.06. The van der Waals surface area contributed by atoms with Gasteiger partial charge < -0.3 is 15.2 Å². The maximum atomic E-state index is 10.8. The predicted octanol–water partition coefficient (Wildman–Crippen LogP) is -0.659. The van der Waals surface area contributed by atoms with E-state index in [2.05, 4.69) is 10.1 Å². The lowest BCUT2D eigenvalue weighted by Gasteiger charge is -2.04. The number of amides is 2. The lowest BCUT2D eigenvalue weighted by Crippen LogP contribution is -2.34. The minimum Gasteiger partial charge on any atom is -0.468 e. The normalized spacial score (nSPS) is 8.69. The molecule has 7 nitrogen and oxygen atoms in total. The second kappa shape index (κ2) is 5.81. The van der Waals surface area contributed by atoms with E-state index in [0.29, 0.717) is 0 Å². The maximum Gasteiger partial charge on any atom is 0.404 e. The lowest BCUT2D eigenvalue weighted by atomic mass is 10.4. The Kier molecular flexibility index (Phi) is 5.01. The van der Waals surface area contributed by atoms with Crippen molar-refractivity contribution in [3.8, 4) is 0 Å². The Morgan fingerprint density at radius 1 is 1.54 bits per heavy atom. The molecule has 0 aromatic carbocycles. The molecule has 2 amide bonds. The number of carboxylic acid groups (broad SMARTS) is 1. The quantitative estimate of drug-likeness (QED) is 0.349. The number of amidine groups is 1. The second-order valence-corrected chi connectivity index (χ2v) is 2.06. The van der Waals surface area contributed by atoms with Crippen molar-refractivity contribution >= 4 is 18.0 Å². The van der Waals surface area contributed by atoms with Crippen LogP contribution in [0, 0.1) is 5.41 Å². The summed E-state index contributed by atoms with van der Waals surface area (Å²) in [5.74, 6) is -0.472. The zero-order valence-electron chi connectivity index (χ0n) is 7.09. The molecule has 0 aliphatic rings. The van der Waals surface area contributed by atoms with Crippen LogP contribution in [0.4, 0.5) is 4.79 Å². The Hall–Kier alpha value is -1.79. The molecule has 0 aliphatic carbocycles. The highest BCUT2D eigenvalue weighted by atomic mass is 16.5. The van der Waals surface area contributed by atoms with Gasteiger partial charge in [0.1, 0.15) is 0 Å². The standard InChI is InChI=1S/C6H11N3O4/c1-13-5(7)9-4(10)2-3-8-6(11)12/h8H,2-3H2,1H3,(H,11,12)(H2,7,9,10). The van der Waals surface area contributed by atoms with E-state index < -0.39 is 12.0 Å². The molecular weight excluding hydrogens is 178 g/mol. The molecule has 0 saturated carbocycles. The van der Waals surface area contributed by atoms with Gasteiger partial charge in [-0.05, 0) is 0 Å². The first kappa shape index (κ1) is 11.2. The molecule has 0 aromatic heterocycles. The molecule has 0 unspecified atom stereocenters. The third-order valence-electron chi connectivity index (χ3n) is 1.09. The Labute approximate surface area is 74.6 Å². The van der Waals surface area contributed by atoms with E-state index in [0.717, 1.165) is 0 Å². The average Bonchev–Trinajstić information content (AvgIpc) is 2.03. The van der Waals surface area contributed by atoms with E-state index in [-0.39, 0.29) is 19.0 Å². The molecule has 0 rings (SSSR count). The third-order valence-corrected chi connectivity index (χ3v) is 1.09. The van der Waals surface area contributed by atoms with Crippen molar-refractivity contribution in [1.29, 1.82) is 5.41 Å². The number of rotatable bonds is 3. The average molecular weight is 189 g/mol. The summed E-state index contributed by atoms with van der Waals surface area (Å²) in [5, 5.41) is 19.1. The van der Waals surface area contributed by atoms with Crippen LogP contribution in [0.2, 0.25) is 0 Å². The van der Waals surface area contributed by atoms with Crippen molar-refractivity contribution in [2.45, 2.75) is 6.42 Å². The van der Waals surface area contributed by atoms with E-state index in [9.17, 15) is 9.59 Å². The van der Waals surface area contributed by atoms with Crippen LogP contribution in [0.3, 0.4) is 0 Å². The highest BCUT2D eigenvalue weighted by Gasteiger charge is 2.04. The zero-order chi connectivity index (χ0) is 10.3. The smallest absolute Gasteiger partial charge is 0.404 e. The minimum absolute atomic E-state index is 0.0121. The summed E-state index contributed by atoms with van der Waals surface area (Å²) in [5.41, 5.74) is 0. The van der Waals surface area contributed by atoms with Crippen LogP contribution in [0.15, 0.2) is 0 Å². The summed E-state index contributed by atoms with van der Waals surface area (Å²) >= 11 is 0. The van der Waals surface area contributed by atoms with Crippen LogP contribution in [0.1, 0.15) is 6.42 Å². The molecule has 0 radical (unpaired) electrons. The van der Waals surface area contributed by atoms with E-state index in [4.69, 9.17) is 10.5 Å².